The molecule has 0 atom stereocenters. The normalized spacial score (nSPS) is 10.9. The summed E-state index contributed by atoms with van der Waals surface area (Å²) in [6, 6.07) is 4.11. The van der Waals surface area contributed by atoms with Crippen LogP contribution in [0.5, 0.6) is 0 Å². The first-order valence-electron chi connectivity index (χ1n) is 4.99. The van der Waals surface area contributed by atoms with Crippen LogP contribution in [0.25, 0.3) is 0 Å². The standard InChI is InChI=1S/C9H12BrN5S/c1-2-11-5-9-12-13-14-15(9)6-7-3-4-8(10)16-7/h3-4,11H,2,5-6H2,1H3. The van der Waals surface area contributed by atoms with Gasteiger partial charge in [-0.05, 0) is 45.0 Å². The van der Waals surface area contributed by atoms with Gasteiger partial charge in [-0.1, -0.05) is 6.92 Å². The summed E-state index contributed by atoms with van der Waals surface area (Å²) in [5.74, 6) is 0.867. The minimum atomic E-state index is 0.704. The Morgan fingerprint density at radius 2 is 2.38 bits per heavy atom. The SMILES string of the molecule is CCNCc1nnnn1Cc1ccc(Br)s1. The topological polar surface area (TPSA) is 55.6 Å². The van der Waals surface area contributed by atoms with E-state index in [1.54, 1.807) is 11.3 Å². The summed E-state index contributed by atoms with van der Waals surface area (Å²) in [5.41, 5.74) is 0. The molecule has 0 spiro atoms. The first-order chi connectivity index (χ1) is 7.79. The molecule has 0 amide bonds. The van der Waals surface area contributed by atoms with Crippen LogP contribution in [-0.2, 0) is 13.1 Å². The van der Waals surface area contributed by atoms with Crippen molar-refractivity contribution >= 4 is 27.3 Å². The number of tetrazole rings is 1. The monoisotopic (exact) mass is 301 g/mol. The molecular formula is C9H12BrN5S. The van der Waals surface area contributed by atoms with E-state index in [0.717, 1.165) is 22.7 Å². The summed E-state index contributed by atoms with van der Waals surface area (Å²) < 4.78 is 2.95. The van der Waals surface area contributed by atoms with Crippen LogP contribution in [0.1, 0.15) is 17.6 Å². The number of nitrogens with zero attached hydrogens (tertiary/aromatic N) is 4. The van der Waals surface area contributed by atoms with E-state index in [0.29, 0.717) is 6.54 Å². The molecule has 0 saturated heterocycles. The molecule has 0 aliphatic rings. The average molecular weight is 302 g/mol. The van der Waals surface area contributed by atoms with Gasteiger partial charge in [-0.3, -0.25) is 0 Å². The highest BCUT2D eigenvalue weighted by molar-refractivity contribution is 9.11. The Morgan fingerprint density at radius 3 is 3.06 bits per heavy atom. The Morgan fingerprint density at radius 1 is 1.50 bits per heavy atom. The third-order valence-corrected chi connectivity index (χ3v) is 3.68. The molecule has 7 heteroatoms. The Balaban J connectivity index is 2.06. The van der Waals surface area contributed by atoms with Crippen molar-refractivity contribution in [3.8, 4) is 0 Å². The van der Waals surface area contributed by atoms with E-state index in [1.165, 1.54) is 4.88 Å². The van der Waals surface area contributed by atoms with Gasteiger partial charge in [-0.2, -0.15) is 0 Å². The van der Waals surface area contributed by atoms with Gasteiger partial charge in [-0.15, -0.1) is 16.4 Å². The molecule has 0 aliphatic carbocycles. The minimum Gasteiger partial charge on any atom is -0.310 e. The molecule has 0 saturated carbocycles. The van der Waals surface area contributed by atoms with Gasteiger partial charge in [0.05, 0.1) is 16.9 Å². The second-order valence-electron chi connectivity index (χ2n) is 3.24. The Hall–Kier alpha value is -0.790. The summed E-state index contributed by atoms with van der Waals surface area (Å²) in [7, 11) is 0. The predicted molar refractivity (Wildman–Crippen MR) is 66.3 cm³/mol. The van der Waals surface area contributed by atoms with Gasteiger partial charge in [0.25, 0.3) is 0 Å². The molecule has 86 valence electrons. The maximum Gasteiger partial charge on any atom is 0.165 e. The molecule has 0 aromatic carbocycles. The van der Waals surface area contributed by atoms with E-state index in [1.807, 2.05) is 10.7 Å². The molecule has 1 N–H and O–H groups in total. The molecule has 0 radical (unpaired) electrons. The van der Waals surface area contributed by atoms with Gasteiger partial charge in [-0.25, -0.2) is 4.68 Å². The predicted octanol–water partition coefficient (Wildman–Crippen LogP) is 1.65. The third-order valence-electron chi connectivity index (χ3n) is 2.07. The van der Waals surface area contributed by atoms with Gasteiger partial charge in [0.15, 0.2) is 5.82 Å². The summed E-state index contributed by atoms with van der Waals surface area (Å²) in [6.07, 6.45) is 0. The lowest BCUT2D eigenvalue weighted by atomic mass is 10.4. The molecule has 2 aromatic heterocycles. The zero-order valence-corrected chi connectivity index (χ0v) is 11.3. The highest BCUT2D eigenvalue weighted by Crippen LogP contribution is 2.22. The molecule has 2 aromatic rings. The van der Waals surface area contributed by atoms with Gasteiger partial charge in [0, 0.05) is 4.88 Å². The van der Waals surface area contributed by atoms with Crippen molar-refractivity contribution in [1.29, 1.82) is 0 Å². The van der Waals surface area contributed by atoms with Crippen LogP contribution in [0, 0.1) is 0 Å². The number of hydrogen-bond acceptors (Lipinski definition) is 5. The Kier molecular flexibility index (Phi) is 4.03. The van der Waals surface area contributed by atoms with Crippen molar-refractivity contribution in [1.82, 2.24) is 25.5 Å². The van der Waals surface area contributed by atoms with Crippen molar-refractivity contribution < 1.29 is 0 Å². The second kappa shape index (κ2) is 5.51. The van der Waals surface area contributed by atoms with Crippen LogP contribution in [0.3, 0.4) is 0 Å². The van der Waals surface area contributed by atoms with Crippen LogP contribution in [0.15, 0.2) is 15.9 Å². The first-order valence-corrected chi connectivity index (χ1v) is 6.60. The van der Waals surface area contributed by atoms with E-state index < -0.39 is 0 Å². The number of halogens is 1. The molecule has 0 unspecified atom stereocenters. The molecule has 5 nitrogen and oxygen atoms in total. The fraction of sp³-hybridized carbons (Fsp3) is 0.444. The third kappa shape index (κ3) is 2.87. The van der Waals surface area contributed by atoms with Gasteiger partial charge in [0.1, 0.15) is 0 Å². The van der Waals surface area contributed by atoms with Crippen LogP contribution < -0.4 is 5.32 Å². The van der Waals surface area contributed by atoms with Crippen LogP contribution in [0.4, 0.5) is 0 Å². The Bertz CT molecular complexity index is 452. The van der Waals surface area contributed by atoms with Crippen molar-refractivity contribution in [3.05, 3.63) is 26.6 Å². The van der Waals surface area contributed by atoms with E-state index in [-0.39, 0.29) is 0 Å². The van der Waals surface area contributed by atoms with E-state index in [4.69, 9.17) is 0 Å². The minimum absolute atomic E-state index is 0.704. The summed E-state index contributed by atoms with van der Waals surface area (Å²) >= 11 is 5.14. The Labute approximate surface area is 106 Å². The molecule has 0 aliphatic heterocycles. The quantitative estimate of drug-likeness (QED) is 0.912. The molecule has 0 fully saturated rings. The zero-order valence-electron chi connectivity index (χ0n) is 8.85. The molecule has 2 rings (SSSR count). The fourth-order valence-electron chi connectivity index (χ4n) is 1.29. The highest BCUT2D eigenvalue weighted by atomic mass is 79.9. The fourth-order valence-corrected chi connectivity index (χ4v) is 2.76. The lowest BCUT2D eigenvalue weighted by molar-refractivity contribution is 0.591. The summed E-state index contributed by atoms with van der Waals surface area (Å²) in [6.45, 7) is 4.40. The molecule has 2 heterocycles. The first kappa shape index (κ1) is 11.7. The van der Waals surface area contributed by atoms with Crippen molar-refractivity contribution in [2.75, 3.05) is 6.54 Å². The molecular weight excluding hydrogens is 290 g/mol. The van der Waals surface area contributed by atoms with Crippen LogP contribution >= 0.6 is 27.3 Å². The summed E-state index contributed by atoms with van der Waals surface area (Å²) in [5, 5.41) is 14.9. The number of aromatic nitrogens is 4. The van der Waals surface area contributed by atoms with Gasteiger partial charge in [0.2, 0.25) is 0 Å². The van der Waals surface area contributed by atoms with Crippen molar-refractivity contribution in [2.24, 2.45) is 0 Å². The largest absolute Gasteiger partial charge is 0.310 e. The smallest absolute Gasteiger partial charge is 0.165 e. The highest BCUT2D eigenvalue weighted by Gasteiger charge is 2.07. The number of rotatable bonds is 5. The van der Waals surface area contributed by atoms with E-state index in [9.17, 15) is 0 Å². The van der Waals surface area contributed by atoms with E-state index >= 15 is 0 Å². The van der Waals surface area contributed by atoms with Crippen molar-refractivity contribution in [3.63, 3.8) is 0 Å². The van der Waals surface area contributed by atoms with Crippen LogP contribution in [0.2, 0.25) is 0 Å². The lowest BCUT2D eigenvalue weighted by Crippen LogP contribution is -2.17. The number of thiophene rings is 1. The molecule has 0 bridgehead atoms. The van der Waals surface area contributed by atoms with Crippen LogP contribution in [-0.4, -0.2) is 26.8 Å². The zero-order chi connectivity index (χ0) is 11.4. The van der Waals surface area contributed by atoms with Gasteiger partial charge < -0.3 is 5.32 Å². The number of hydrogen-bond donors (Lipinski definition) is 1. The van der Waals surface area contributed by atoms with Crippen molar-refractivity contribution in [2.45, 2.75) is 20.0 Å². The second-order valence-corrected chi connectivity index (χ2v) is 5.79. The number of nitrogens with one attached hydrogen (secondary N) is 1. The maximum absolute atomic E-state index is 3.99. The van der Waals surface area contributed by atoms with E-state index in [2.05, 4.69) is 49.8 Å². The van der Waals surface area contributed by atoms with Gasteiger partial charge >= 0.3 is 0 Å². The average Bonchev–Trinajstić information content (AvgIpc) is 2.86. The summed E-state index contributed by atoms with van der Waals surface area (Å²) in [4.78, 5) is 1.23. The molecule has 16 heavy (non-hydrogen) atoms. The lowest BCUT2D eigenvalue weighted by Gasteiger charge is -2.02. The maximum atomic E-state index is 3.99.